The summed E-state index contributed by atoms with van der Waals surface area (Å²) < 4.78 is 27.2. The maximum Gasteiger partial charge on any atom is 0.240 e. The Bertz CT molecular complexity index is 1300. The second kappa shape index (κ2) is 10.7. The van der Waals surface area contributed by atoms with E-state index in [2.05, 4.69) is 16.3 Å². The second-order valence-corrected chi connectivity index (χ2v) is 13.8. The fourth-order valence-electron chi connectivity index (χ4n) is 6.15. The first-order chi connectivity index (χ1) is 18.5. The van der Waals surface area contributed by atoms with E-state index in [1.165, 1.54) is 12.1 Å². The third-order valence-corrected chi connectivity index (χ3v) is 11.4. The Kier molecular flexibility index (Phi) is 7.65. The molecule has 39 heavy (non-hydrogen) atoms. The predicted octanol–water partition coefficient (Wildman–Crippen LogP) is 1.73. The molecule has 0 aromatic heterocycles. The van der Waals surface area contributed by atoms with Crippen molar-refractivity contribution in [3.63, 3.8) is 0 Å². The first-order valence-corrected chi connectivity index (χ1v) is 15.5. The van der Waals surface area contributed by atoms with Crippen LogP contribution in [0.5, 0.6) is 0 Å². The van der Waals surface area contributed by atoms with Crippen LogP contribution in [0.2, 0.25) is 5.02 Å². The van der Waals surface area contributed by atoms with Gasteiger partial charge in [0.05, 0.1) is 27.3 Å². The van der Waals surface area contributed by atoms with E-state index < -0.39 is 26.7 Å². The van der Waals surface area contributed by atoms with E-state index in [0.717, 1.165) is 19.4 Å². The van der Waals surface area contributed by atoms with Crippen molar-refractivity contribution in [1.29, 1.82) is 5.26 Å². The minimum absolute atomic E-state index is 0.0130. The average molecular weight is 576 g/mol. The first-order valence-electron chi connectivity index (χ1n) is 13.6. The van der Waals surface area contributed by atoms with E-state index >= 15 is 0 Å². The maximum atomic E-state index is 13.9. The lowest BCUT2D eigenvalue weighted by atomic mass is 9.92. The highest BCUT2D eigenvalue weighted by molar-refractivity contribution is 7.92. The summed E-state index contributed by atoms with van der Waals surface area (Å²) in [6.07, 6.45) is 3.48. The standard InChI is InChI=1S/C27H34ClN5O5S/c1-18(34)31-11-6-19(7-12-31)32-13-8-23(32)26(36)33-16-21(39(37,38)24-5-3-2-4-22(24)28)14-20(33)15-25(35)30-27(17-29)9-10-27/h2-5,19-21,23H,6-16H2,1H3,(H,30,35)/t20-,21-,23?/m1/s1. The number of nitrogens with one attached hydrogen (secondary N) is 1. The molecule has 12 heteroatoms. The molecule has 1 saturated carbocycles. The van der Waals surface area contributed by atoms with Crippen LogP contribution in [0.4, 0.5) is 0 Å². The molecule has 0 radical (unpaired) electrons. The highest BCUT2D eigenvalue weighted by Gasteiger charge is 2.50. The number of nitrogens with zero attached hydrogens (tertiary/aromatic N) is 4. The monoisotopic (exact) mass is 575 g/mol. The molecule has 1 N–H and O–H groups in total. The number of benzene rings is 1. The number of nitriles is 1. The number of sulfone groups is 1. The molecule has 5 rings (SSSR count). The molecule has 1 aliphatic carbocycles. The van der Waals surface area contributed by atoms with Crippen LogP contribution in [-0.4, -0.2) is 95.9 Å². The van der Waals surface area contributed by atoms with Gasteiger partial charge in [0.1, 0.15) is 5.54 Å². The number of hydrogen-bond acceptors (Lipinski definition) is 7. The summed E-state index contributed by atoms with van der Waals surface area (Å²) in [6.45, 7) is 3.63. The molecule has 0 bridgehead atoms. The summed E-state index contributed by atoms with van der Waals surface area (Å²) in [5.74, 6) is -0.459. The lowest BCUT2D eigenvalue weighted by Crippen LogP contribution is -2.62. The topological polar surface area (TPSA) is 131 Å². The van der Waals surface area contributed by atoms with Gasteiger partial charge in [-0.25, -0.2) is 8.42 Å². The van der Waals surface area contributed by atoms with Gasteiger partial charge in [-0.15, -0.1) is 0 Å². The fraction of sp³-hybridized carbons (Fsp3) is 0.630. The number of hydrogen-bond donors (Lipinski definition) is 1. The van der Waals surface area contributed by atoms with Gasteiger partial charge in [0.15, 0.2) is 9.84 Å². The summed E-state index contributed by atoms with van der Waals surface area (Å²) >= 11 is 6.23. The Balaban J connectivity index is 1.33. The van der Waals surface area contributed by atoms with E-state index in [1.54, 1.807) is 24.0 Å². The number of likely N-dealkylation sites (tertiary alicyclic amines) is 3. The van der Waals surface area contributed by atoms with Crippen LogP contribution in [0.3, 0.4) is 0 Å². The van der Waals surface area contributed by atoms with Gasteiger partial charge in [-0.2, -0.15) is 5.26 Å². The largest absolute Gasteiger partial charge is 0.343 e. The Morgan fingerprint density at radius 2 is 1.82 bits per heavy atom. The number of halogens is 1. The van der Waals surface area contributed by atoms with Crippen molar-refractivity contribution in [2.75, 3.05) is 26.2 Å². The number of rotatable bonds is 7. The van der Waals surface area contributed by atoms with Crippen molar-refractivity contribution >= 4 is 39.2 Å². The predicted molar refractivity (Wildman–Crippen MR) is 143 cm³/mol. The van der Waals surface area contributed by atoms with E-state index in [-0.39, 0.29) is 59.1 Å². The van der Waals surface area contributed by atoms with E-state index in [9.17, 15) is 28.1 Å². The van der Waals surface area contributed by atoms with Gasteiger partial charge in [0.25, 0.3) is 0 Å². The molecule has 3 aliphatic heterocycles. The normalized spacial score (nSPS) is 26.9. The quantitative estimate of drug-likeness (QED) is 0.524. The zero-order valence-corrected chi connectivity index (χ0v) is 23.6. The van der Waals surface area contributed by atoms with Crippen LogP contribution >= 0.6 is 11.6 Å². The van der Waals surface area contributed by atoms with Crippen molar-refractivity contribution in [2.24, 2.45) is 0 Å². The van der Waals surface area contributed by atoms with E-state index in [0.29, 0.717) is 32.4 Å². The van der Waals surface area contributed by atoms with Crippen LogP contribution in [-0.2, 0) is 24.2 Å². The smallest absolute Gasteiger partial charge is 0.240 e. The number of amides is 3. The van der Waals surface area contributed by atoms with Gasteiger partial charge in [-0.05, 0) is 50.7 Å². The minimum atomic E-state index is -3.86. The van der Waals surface area contributed by atoms with Gasteiger partial charge >= 0.3 is 0 Å². The molecule has 3 saturated heterocycles. The Morgan fingerprint density at radius 1 is 1.13 bits per heavy atom. The van der Waals surface area contributed by atoms with Crippen molar-refractivity contribution in [1.82, 2.24) is 20.0 Å². The molecule has 10 nitrogen and oxygen atoms in total. The second-order valence-electron chi connectivity index (χ2n) is 11.2. The lowest BCUT2D eigenvalue weighted by Gasteiger charge is -2.49. The molecular weight excluding hydrogens is 542 g/mol. The SMILES string of the molecule is CC(=O)N1CCC(N2CCC2C(=O)N2C[C@H](S(=O)(=O)c3ccccc3Cl)C[C@@H]2CC(=O)NC2(C#N)CC2)CC1. The van der Waals surface area contributed by atoms with Gasteiger partial charge in [0.2, 0.25) is 17.7 Å². The molecule has 4 fully saturated rings. The van der Waals surface area contributed by atoms with Crippen LogP contribution in [0, 0.1) is 11.3 Å². The molecule has 3 heterocycles. The van der Waals surface area contributed by atoms with Crippen molar-refractivity contribution < 1.29 is 22.8 Å². The molecule has 4 aliphatic rings. The van der Waals surface area contributed by atoms with E-state index in [1.807, 2.05) is 4.90 Å². The molecular formula is C27H34ClN5O5S. The Morgan fingerprint density at radius 3 is 2.38 bits per heavy atom. The number of carbonyl (C=O) groups is 3. The summed E-state index contributed by atoms with van der Waals surface area (Å²) in [5, 5.41) is 11.4. The summed E-state index contributed by atoms with van der Waals surface area (Å²) in [4.78, 5) is 44.1. The molecule has 0 spiro atoms. The minimum Gasteiger partial charge on any atom is -0.343 e. The molecule has 1 aromatic rings. The molecule has 1 unspecified atom stereocenters. The van der Waals surface area contributed by atoms with Gasteiger partial charge in [0, 0.05) is 51.6 Å². The van der Waals surface area contributed by atoms with E-state index in [4.69, 9.17) is 11.6 Å². The summed E-state index contributed by atoms with van der Waals surface area (Å²) in [6, 6.07) is 7.61. The van der Waals surface area contributed by atoms with Crippen LogP contribution in [0.1, 0.15) is 51.9 Å². The van der Waals surface area contributed by atoms with Crippen LogP contribution in [0.25, 0.3) is 0 Å². The fourth-order valence-corrected chi connectivity index (χ4v) is 8.41. The zero-order valence-electron chi connectivity index (χ0n) is 22.0. The maximum absolute atomic E-state index is 13.9. The van der Waals surface area contributed by atoms with Crippen LogP contribution in [0.15, 0.2) is 29.2 Å². The summed E-state index contributed by atoms with van der Waals surface area (Å²) in [5.41, 5.74) is -0.840. The number of piperidine rings is 1. The molecule has 3 amide bonds. The lowest BCUT2D eigenvalue weighted by molar-refractivity contribution is -0.147. The highest BCUT2D eigenvalue weighted by Crippen LogP contribution is 2.37. The Hall–Kier alpha value is -2.68. The highest BCUT2D eigenvalue weighted by atomic mass is 35.5. The third kappa shape index (κ3) is 5.52. The van der Waals surface area contributed by atoms with Gasteiger partial charge < -0.3 is 15.1 Å². The average Bonchev–Trinajstić information content (AvgIpc) is 3.52. The van der Waals surface area contributed by atoms with Gasteiger partial charge in [-0.1, -0.05) is 23.7 Å². The summed E-state index contributed by atoms with van der Waals surface area (Å²) in [7, 11) is -3.86. The van der Waals surface area contributed by atoms with Gasteiger partial charge in [-0.3, -0.25) is 19.3 Å². The van der Waals surface area contributed by atoms with Crippen molar-refractivity contribution in [3.05, 3.63) is 29.3 Å². The number of carbonyl (C=O) groups excluding carboxylic acids is 3. The molecule has 210 valence electrons. The van der Waals surface area contributed by atoms with Crippen LogP contribution < -0.4 is 5.32 Å². The zero-order chi connectivity index (χ0) is 27.9. The van der Waals surface area contributed by atoms with Crippen molar-refractivity contribution in [3.8, 4) is 6.07 Å². The molecule has 3 atom stereocenters. The Labute approximate surface area is 234 Å². The van der Waals surface area contributed by atoms with Crippen molar-refractivity contribution in [2.45, 2.75) is 85.7 Å². The molecule has 1 aromatic carbocycles. The first kappa shape index (κ1) is 27.9. The third-order valence-electron chi connectivity index (χ3n) is 8.73.